The SMILES string of the molecule is Cc1ccc(CNC(=NCc2cccc(C(N)=O)c2)Nc2ccccc2)cc1.I. The monoisotopic (exact) mass is 500 g/mol. The topological polar surface area (TPSA) is 79.5 Å². The molecule has 5 nitrogen and oxygen atoms in total. The molecule has 29 heavy (non-hydrogen) atoms. The van der Waals surface area contributed by atoms with Crippen molar-refractivity contribution >= 4 is 41.5 Å². The number of aryl methyl sites for hydroxylation is 1. The Morgan fingerprint density at radius 2 is 1.66 bits per heavy atom. The summed E-state index contributed by atoms with van der Waals surface area (Å²) >= 11 is 0. The number of benzene rings is 3. The molecule has 0 fully saturated rings. The highest BCUT2D eigenvalue weighted by molar-refractivity contribution is 14.0. The summed E-state index contributed by atoms with van der Waals surface area (Å²) in [6, 6.07) is 25.5. The molecule has 3 aromatic rings. The third kappa shape index (κ3) is 7.23. The van der Waals surface area contributed by atoms with Gasteiger partial charge in [-0.15, -0.1) is 24.0 Å². The van der Waals surface area contributed by atoms with Gasteiger partial charge in [0.25, 0.3) is 0 Å². The number of anilines is 1. The van der Waals surface area contributed by atoms with Gasteiger partial charge in [-0.1, -0.05) is 60.2 Å². The predicted octanol–water partition coefficient (Wildman–Crippen LogP) is 4.47. The molecule has 3 aromatic carbocycles. The van der Waals surface area contributed by atoms with Gasteiger partial charge in [-0.25, -0.2) is 4.99 Å². The summed E-state index contributed by atoms with van der Waals surface area (Å²) in [5, 5.41) is 6.67. The van der Waals surface area contributed by atoms with Gasteiger partial charge in [0.2, 0.25) is 5.91 Å². The Morgan fingerprint density at radius 3 is 2.34 bits per heavy atom. The maximum atomic E-state index is 11.4. The Labute approximate surface area is 188 Å². The Balaban J connectivity index is 0.00000300. The molecule has 1 amide bonds. The molecule has 0 radical (unpaired) electrons. The molecule has 3 rings (SSSR count). The number of carbonyl (C=O) groups is 1. The van der Waals surface area contributed by atoms with Crippen LogP contribution in [0.1, 0.15) is 27.0 Å². The molecule has 0 aromatic heterocycles. The van der Waals surface area contributed by atoms with Crippen LogP contribution in [0.5, 0.6) is 0 Å². The van der Waals surface area contributed by atoms with Crippen molar-refractivity contribution < 1.29 is 4.79 Å². The average Bonchev–Trinajstić information content (AvgIpc) is 2.72. The van der Waals surface area contributed by atoms with Crippen molar-refractivity contribution in [2.45, 2.75) is 20.0 Å². The molecule has 0 aliphatic rings. The minimum absolute atomic E-state index is 0. The normalized spacial score (nSPS) is 10.7. The first-order chi connectivity index (χ1) is 13.6. The number of rotatable bonds is 6. The van der Waals surface area contributed by atoms with E-state index in [9.17, 15) is 4.79 Å². The zero-order valence-electron chi connectivity index (χ0n) is 16.3. The first-order valence-electron chi connectivity index (χ1n) is 9.15. The number of nitrogens with one attached hydrogen (secondary N) is 2. The van der Waals surface area contributed by atoms with Gasteiger partial charge in [-0.3, -0.25) is 4.79 Å². The van der Waals surface area contributed by atoms with E-state index >= 15 is 0 Å². The molecule has 0 heterocycles. The van der Waals surface area contributed by atoms with E-state index in [1.807, 2.05) is 42.5 Å². The van der Waals surface area contributed by atoms with E-state index in [0.29, 0.717) is 24.6 Å². The Morgan fingerprint density at radius 1 is 0.931 bits per heavy atom. The largest absolute Gasteiger partial charge is 0.366 e. The zero-order valence-corrected chi connectivity index (χ0v) is 18.6. The smallest absolute Gasteiger partial charge is 0.248 e. The molecular weight excluding hydrogens is 475 g/mol. The van der Waals surface area contributed by atoms with E-state index in [-0.39, 0.29) is 24.0 Å². The lowest BCUT2D eigenvalue weighted by atomic mass is 10.1. The molecule has 0 saturated heterocycles. The molecule has 6 heteroatoms. The number of nitrogens with zero attached hydrogens (tertiary/aromatic N) is 1. The summed E-state index contributed by atoms with van der Waals surface area (Å²) < 4.78 is 0. The quantitative estimate of drug-likeness (QED) is 0.266. The van der Waals surface area contributed by atoms with Crippen LogP contribution in [0.25, 0.3) is 0 Å². The fraction of sp³-hybridized carbons (Fsp3) is 0.130. The van der Waals surface area contributed by atoms with Gasteiger partial charge in [0, 0.05) is 17.8 Å². The van der Waals surface area contributed by atoms with Crippen molar-refractivity contribution in [2.24, 2.45) is 10.7 Å². The van der Waals surface area contributed by atoms with Gasteiger partial charge in [-0.2, -0.15) is 0 Å². The number of aliphatic imine (C=N–C) groups is 1. The second-order valence-corrected chi connectivity index (χ2v) is 6.56. The highest BCUT2D eigenvalue weighted by Crippen LogP contribution is 2.09. The molecule has 0 atom stereocenters. The van der Waals surface area contributed by atoms with Crippen molar-refractivity contribution in [3.63, 3.8) is 0 Å². The van der Waals surface area contributed by atoms with Crippen molar-refractivity contribution in [3.05, 3.63) is 101 Å². The summed E-state index contributed by atoms with van der Waals surface area (Å²) in [6.45, 7) is 3.15. The van der Waals surface area contributed by atoms with Crippen LogP contribution in [-0.2, 0) is 13.1 Å². The van der Waals surface area contributed by atoms with Crippen LogP contribution in [0, 0.1) is 6.92 Å². The number of primary amides is 1. The molecule has 0 spiro atoms. The van der Waals surface area contributed by atoms with Gasteiger partial charge < -0.3 is 16.4 Å². The molecule has 0 saturated carbocycles. The summed E-state index contributed by atoms with van der Waals surface area (Å²) in [7, 11) is 0. The number of hydrogen-bond acceptors (Lipinski definition) is 2. The third-order valence-corrected chi connectivity index (χ3v) is 4.25. The highest BCUT2D eigenvalue weighted by Gasteiger charge is 2.04. The van der Waals surface area contributed by atoms with Gasteiger partial charge in [0.05, 0.1) is 6.54 Å². The van der Waals surface area contributed by atoms with Crippen LogP contribution in [-0.4, -0.2) is 11.9 Å². The number of amides is 1. The number of para-hydroxylation sites is 1. The van der Waals surface area contributed by atoms with Crippen molar-refractivity contribution in [1.82, 2.24) is 5.32 Å². The molecule has 0 aliphatic heterocycles. The van der Waals surface area contributed by atoms with Crippen LogP contribution >= 0.6 is 24.0 Å². The lowest BCUT2D eigenvalue weighted by molar-refractivity contribution is 0.1000. The number of nitrogens with two attached hydrogens (primary N) is 1. The van der Waals surface area contributed by atoms with E-state index < -0.39 is 5.91 Å². The third-order valence-electron chi connectivity index (χ3n) is 4.25. The van der Waals surface area contributed by atoms with Crippen LogP contribution in [0.15, 0.2) is 83.9 Å². The fourth-order valence-corrected chi connectivity index (χ4v) is 2.68. The van der Waals surface area contributed by atoms with Crippen LogP contribution in [0.4, 0.5) is 5.69 Å². The summed E-state index contributed by atoms with van der Waals surface area (Å²) in [4.78, 5) is 16.0. The second-order valence-electron chi connectivity index (χ2n) is 6.56. The Hall–Kier alpha value is -2.87. The zero-order chi connectivity index (χ0) is 19.8. The molecule has 0 aliphatic carbocycles. The van der Waals surface area contributed by atoms with Crippen LogP contribution in [0.2, 0.25) is 0 Å². The number of carbonyl (C=O) groups excluding carboxylic acids is 1. The number of halogens is 1. The van der Waals surface area contributed by atoms with Gasteiger partial charge in [-0.05, 0) is 42.3 Å². The molecule has 4 N–H and O–H groups in total. The van der Waals surface area contributed by atoms with Gasteiger partial charge in [0.1, 0.15) is 0 Å². The second kappa shape index (κ2) is 11.2. The molecule has 150 valence electrons. The fourth-order valence-electron chi connectivity index (χ4n) is 2.68. The van der Waals surface area contributed by atoms with E-state index in [0.717, 1.165) is 11.3 Å². The first-order valence-corrected chi connectivity index (χ1v) is 9.15. The van der Waals surface area contributed by atoms with E-state index in [4.69, 9.17) is 5.73 Å². The van der Waals surface area contributed by atoms with Crippen molar-refractivity contribution in [1.29, 1.82) is 0 Å². The first kappa shape index (κ1) is 22.4. The summed E-state index contributed by atoms with van der Waals surface area (Å²) in [6.07, 6.45) is 0. The Bertz CT molecular complexity index is 956. The molecule has 0 unspecified atom stereocenters. The minimum Gasteiger partial charge on any atom is -0.366 e. The minimum atomic E-state index is -0.439. The standard InChI is InChI=1S/C23H24N4O.HI/c1-17-10-12-18(13-11-17)15-25-23(27-21-8-3-2-4-9-21)26-16-19-6-5-7-20(14-19)22(24)28;/h2-14H,15-16H2,1H3,(H2,24,28)(H2,25,26,27);1H. The Kier molecular flexibility index (Phi) is 8.67. The van der Waals surface area contributed by atoms with Gasteiger partial charge >= 0.3 is 0 Å². The predicted molar refractivity (Wildman–Crippen MR) is 130 cm³/mol. The summed E-state index contributed by atoms with van der Waals surface area (Å²) in [5.74, 6) is 0.224. The lowest BCUT2D eigenvalue weighted by Crippen LogP contribution is -2.30. The van der Waals surface area contributed by atoms with E-state index in [2.05, 4.69) is 46.8 Å². The van der Waals surface area contributed by atoms with Crippen LogP contribution < -0.4 is 16.4 Å². The van der Waals surface area contributed by atoms with Crippen molar-refractivity contribution in [2.75, 3.05) is 5.32 Å². The molecule has 0 bridgehead atoms. The number of hydrogen-bond donors (Lipinski definition) is 3. The maximum absolute atomic E-state index is 11.4. The van der Waals surface area contributed by atoms with E-state index in [1.165, 1.54) is 11.1 Å². The number of guanidine groups is 1. The van der Waals surface area contributed by atoms with E-state index in [1.54, 1.807) is 12.1 Å². The average molecular weight is 500 g/mol. The highest BCUT2D eigenvalue weighted by atomic mass is 127. The van der Waals surface area contributed by atoms with Gasteiger partial charge in [0.15, 0.2) is 5.96 Å². The molecular formula is C23H25IN4O. The maximum Gasteiger partial charge on any atom is 0.248 e. The summed E-state index contributed by atoms with van der Waals surface area (Å²) in [5.41, 5.74) is 10.1. The van der Waals surface area contributed by atoms with Crippen molar-refractivity contribution in [3.8, 4) is 0 Å². The van der Waals surface area contributed by atoms with Crippen LogP contribution in [0.3, 0.4) is 0 Å². The lowest BCUT2D eigenvalue weighted by Gasteiger charge is -2.13.